The number of aromatic hydroxyl groups is 5. The fourth-order valence-electron chi connectivity index (χ4n) is 7.53. The quantitative estimate of drug-likeness (QED) is 0.164. The van der Waals surface area contributed by atoms with Crippen LogP contribution in [0, 0.1) is 0 Å². The molecule has 1 spiro atoms. The number of aliphatic hydroxyl groups is 2. The van der Waals surface area contributed by atoms with Gasteiger partial charge in [0.1, 0.15) is 46.7 Å². The molecule has 236 valence electrons. The Morgan fingerprint density at radius 2 is 1.26 bits per heavy atom. The molecule has 0 saturated carbocycles. The lowest BCUT2D eigenvalue weighted by Crippen LogP contribution is -2.57. The van der Waals surface area contributed by atoms with E-state index in [9.17, 15) is 40.5 Å². The molecule has 0 radical (unpaired) electrons. The molecule has 8 atom stereocenters. The summed E-state index contributed by atoms with van der Waals surface area (Å²) < 4.78 is 24.3. The van der Waals surface area contributed by atoms with E-state index >= 15 is 0 Å². The second-order valence-corrected chi connectivity index (χ2v) is 12.1. The van der Waals surface area contributed by atoms with Crippen LogP contribution >= 0.6 is 0 Å². The van der Waals surface area contributed by atoms with E-state index in [2.05, 4.69) is 0 Å². The van der Waals surface area contributed by atoms with Crippen molar-refractivity contribution < 1.29 is 59.5 Å². The first-order chi connectivity index (χ1) is 22.0. The van der Waals surface area contributed by atoms with Gasteiger partial charge in [0.25, 0.3) is 5.79 Å². The van der Waals surface area contributed by atoms with Crippen LogP contribution < -0.4 is 4.74 Å². The highest BCUT2D eigenvalue weighted by molar-refractivity contribution is 5.87. The van der Waals surface area contributed by atoms with Crippen LogP contribution in [0.1, 0.15) is 51.9 Å². The number of esters is 1. The van der Waals surface area contributed by atoms with Crippen molar-refractivity contribution in [1.29, 1.82) is 0 Å². The van der Waals surface area contributed by atoms with E-state index in [4.69, 9.17) is 18.9 Å². The summed E-state index contributed by atoms with van der Waals surface area (Å²) in [5.74, 6) is -5.92. The Hall–Kier alpha value is -5.01. The van der Waals surface area contributed by atoms with Gasteiger partial charge < -0.3 is 54.7 Å². The number of aliphatic hydroxyl groups excluding tert-OH is 1. The molecule has 4 aromatic rings. The summed E-state index contributed by atoms with van der Waals surface area (Å²) in [7, 11) is 0. The van der Waals surface area contributed by atoms with Crippen molar-refractivity contribution in [2.24, 2.45) is 0 Å². The van der Waals surface area contributed by atoms with E-state index in [1.807, 2.05) is 0 Å². The molecular weight excluding hydrogens is 600 g/mol. The van der Waals surface area contributed by atoms with Crippen LogP contribution in [0.2, 0.25) is 0 Å². The third-order valence-corrected chi connectivity index (χ3v) is 9.41. The van der Waals surface area contributed by atoms with Crippen LogP contribution in [0.25, 0.3) is 0 Å². The Labute approximate surface area is 260 Å². The molecule has 4 aliphatic rings. The van der Waals surface area contributed by atoms with E-state index < -0.39 is 53.6 Å². The molecule has 8 unspecified atom stereocenters. The number of ether oxygens (including phenoxy) is 4. The maximum absolute atomic E-state index is 13.7. The Morgan fingerprint density at radius 1 is 0.674 bits per heavy atom. The number of benzene rings is 4. The first kappa shape index (κ1) is 28.5. The van der Waals surface area contributed by atoms with E-state index in [-0.39, 0.29) is 46.7 Å². The van der Waals surface area contributed by atoms with Crippen LogP contribution in [0.15, 0.2) is 78.9 Å². The van der Waals surface area contributed by atoms with E-state index in [1.165, 1.54) is 54.6 Å². The third-order valence-electron chi connectivity index (χ3n) is 9.41. The van der Waals surface area contributed by atoms with Crippen molar-refractivity contribution in [2.45, 2.75) is 47.6 Å². The lowest BCUT2D eigenvalue weighted by atomic mass is 9.71. The maximum atomic E-state index is 13.7. The molecule has 0 aromatic heterocycles. The van der Waals surface area contributed by atoms with Gasteiger partial charge in [-0.15, -0.1) is 0 Å². The summed E-state index contributed by atoms with van der Waals surface area (Å²) in [5.41, 5.74) is -0.483. The Morgan fingerprint density at radius 3 is 1.89 bits per heavy atom. The molecule has 0 aliphatic carbocycles. The number of phenolic OH excluding ortho intramolecular Hbond substituents is 5. The molecular formula is C34H28O12. The first-order valence-corrected chi connectivity index (χ1v) is 14.6. The fraction of sp³-hybridized carbons (Fsp3) is 0.265. The predicted molar refractivity (Wildman–Crippen MR) is 155 cm³/mol. The highest BCUT2D eigenvalue weighted by Crippen LogP contribution is 2.66. The zero-order valence-corrected chi connectivity index (χ0v) is 23.8. The Kier molecular flexibility index (Phi) is 6.03. The molecule has 7 N–H and O–H groups in total. The zero-order chi connectivity index (χ0) is 32.1. The molecule has 3 fully saturated rings. The average Bonchev–Trinajstić information content (AvgIpc) is 3.68. The minimum atomic E-state index is -2.54. The topological polar surface area (TPSA) is 196 Å². The highest BCUT2D eigenvalue weighted by Gasteiger charge is 2.83. The van der Waals surface area contributed by atoms with Crippen LogP contribution in [0.5, 0.6) is 34.5 Å². The highest BCUT2D eigenvalue weighted by atomic mass is 16.8. The molecule has 4 aliphatic heterocycles. The number of hydrogen-bond acceptors (Lipinski definition) is 12. The van der Waals surface area contributed by atoms with Gasteiger partial charge in [0.2, 0.25) is 5.60 Å². The average molecular weight is 629 g/mol. The summed E-state index contributed by atoms with van der Waals surface area (Å²) in [6, 6.07) is 19.0. The molecule has 3 saturated heterocycles. The van der Waals surface area contributed by atoms with E-state index in [0.29, 0.717) is 22.3 Å². The number of fused-ring (bicyclic) bond motifs is 1. The molecule has 4 aromatic carbocycles. The second kappa shape index (κ2) is 9.74. The van der Waals surface area contributed by atoms with Crippen LogP contribution in [-0.2, 0) is 19.0 Å². The van der Waals surface area contributed by atoms with E-state index in [0.717, 1.165) is 0 Å². The smallest absolute Gasteiger partial charge is 0.345 e. The van der Waals surface area contributed by atoms with Gasteiger partial charge in [-0.05, 0) is 64.7 Å². The van der Waals surface area contributed by atoms with Gasteiger partial charge in [0.05, 0.1) is 24.5 Å². The summed E-state index contributed by atoms with van der Waals surface area (Å²) in [6.45, 7) is -0.287. The number of hydrogen-bond donors (Lipinski definition) is 7. The maximum Gasteiger partial charge on any atom is 0.345 e. The SMILES string of the molecule is O=C1OC2C(O)COC23OC(c2ccc(O)cc2)C(c2cc(O)cc4c2C(c2cc(O)cc(O)c2)C(c2ccc(O)cc2)O4)C13O. The van der Waals surface area contributed by atoms with Crippen LogP contribution in [-0.4, -0.2) is 71.9 Å². The Balaban J connectivity index is 1.39. The molecule has 12 heteroatoms. The first-order valence-electron chi connectivity index (χ1n) is 14.6. The summed E-state index contributed by atoms with van der Waals surface area (Å²) in [5, 5.41) is 75.3. The monoisotopic (exact) mass is 628 g/mol. The van der Waals surface area contributed by atoms with Crippen molar-refractivity contribution >= 4 is 5.97 Å². The van der Waals surface area contributed by atoms with E-state index in [1.54, 1.807) is 24.3 Å². The van der Waals surface area contributed by atoms with Gasteiger partial charge in [-0.2, -0.15) is 0 Å². The molecule has 46 heavy (non-hydrogen) atoms. The largest absolute Gasteiger partial charge is 0.508 e. The normalized spacial score (nSPS) is 32.4. The standard InChI is InChI=1S/C34H28O12/c35-18-5-1-15(2-6-18)29-26(17-9-20(37)11-21(38)10-17)27-23(12-22(39)13-25(27)44-29)28-30(16-3-7-19(36)8-4-16)46-34-31(24(40)14-43-34)45-32(41)33(28,34)42/h1-13,24,26,28-31,35-40,42H,14H2. The summed E-state index contributed by atoms with van der Waals surface area (Å²) in [4.78, 5) is 13.7. The number of rotatable bonds is 4. The van der Waals surface area contributed by atoms with Gasteiger partial charge in [0, 0.05) is 17.7 Å². The van der Waals surface area contributed by atoms with Crippen molar-refractivity contribution in [2.75, 3.05) is 6.61 Å². The molecule has 12 nitrogen and oxygen atoms in total. The van der Waals surface area contributed by atoms with Gasteiger partial charge in [-0.25, -0.2) is 4.79 Å². The minimum absolute atomic E-state index is 0.0181. The predicted octanol–water partition coefficient (Wildman–Crippen LogP) is 3.08. The second-order valence-electron chi connectivity index (χ2n) is 12.1. The summed E-state index contributed by atoms with van der Waals surface area (Å²) in [6.07, 6.45) is -4.62. The fourth-order valence-corrected chi connectivity index (χ4v) is 7.53. The third kappa shape index (κ3) is 3.84. The Bertz CT molecular complexity index is 1850. The minimum Gasteiger partial charge on any atom is -0.508 e. The van der Waals surface area contributed by atoms with Crippen molar-refractivity contribution in [3.8, 4) is 34.5 Å². The number of phenols is 5. The number of carbonyl (C=O) groups is 1. The van der Waals surface area contributed by atoms with Crippen LogP contribution in [0.4, 0.5) is 0 Å². The molecule has 0 amide bonds. The lowest BCUT2D eigenvalue weighted by Gasteiger charge is -2.32. The number of carbonyl (C=O) groups excluding carboxylic acids is 1. The van der Waals surface area contributed by atoms with Crippen molar-refractivity contribution in [3.05, 3.63) is 107 Å². The van der Waals surface area contributed by atoms with Crippen molar-refractivity contribution in [1.82, 2.24) is 0 Å². The molecule has 4 heterocycles. The van der Waals surface area contributed by atoms with Gasteiger partial charge >= 0.3 is 5.97 Å². The van der Waals surface area contributed by atoms with Crippen molar-refractivity contribution in [3.63, 3.8) is 0 Å². The van der Waals surface area contributed by atoms with Crippen LogP contribution in [0.3, 0.4) is 0 Å². The zero-order valence-electron chi connectivity index (χ0n) is 23.8. The molecule has 0 bridgehead atoms. The lowest BCUT2D eigenvalue weighted by molar-refractivity contribution is -0.259. The van der Waals surface area contributed by atoms with Gasteiger partial charge in [-0.1, -0.05) is 24.3 Å². The molecule has 8 rings (SSSR count). The van der Waals surface area contributed by atoms with Gasteiger partial charge in [-0.3, -0.25) is 0 Å². The van der Waals surface area contributed by atoms with Gasteiger partial charge in [0.15, 0.2) is 6.10 Å². The summed E-state index contributed by atoms with van der Waals surface area (Å²) >= 11 is 0.